The van der Waals surface area contributed by atoms with E-state index in [1.165, 1.54) is 6.07 Å². The number of β-amino-alcohol motifs (C(OH)–C–C–N with tert-alkyl or cyclic N) is 1. The fourth-order valence-electron chi connectivity index (χ4n) is 3.28. The van der Waals surface area contributed by atoms with Gasteiger partial charge in [-0.2, -0.15) is 13.2 Å². The van der Waals surface area contributed by atoms with Crippen LogP contribution in [0.5, 0.6) is 0 Å². The first-order chi connectivity index (χ1) is 12.4. The highest BCUT2D eigenvalue weighted by molar-refractivity contribution is 5.96. The number of alkyl halides is 3. The number of hydrogen-bond acceptors (Lipinski definition) is 4. The summed E-state index contributed by atoms with van der Waals surface area (Å²) in [6.45, 7) is 5.29. The molecule has 150 valence electrons. The number of ketones is 1. The molecule has 2 rings (SSSR count). The zero-order valence-corrected chi connectivity index (χ0v) is 15.5. The van der Waals surface area contributed by atoms with Crippen molar-refractivity contribution in [3.8, 4) is 0 Å². The molecule has 1 saturated heterocycles. The number of halogens is 3. The molecular weight excluding hydrogens is 361 g/mol. The van der Waals surface area contributed by atoms with E-state index in [-0.39, 0.29) is 23.8 Å². The van der Waals surface area contributed by atoms with Gasteiger partial charge in [-0.15, -0.1) is 0 Å². The van der Waals surface area contributed by atoms with E-state index in [2.05, 4.69) is 10.2 Å². The summed E-state index contributed by atoms with van der Waals surface area (Å²) in [6, 6.07) is 4.10. The molecule has 0 radical (unpaired) electrons. The second kappa shape index (κ2) is 8.39. The third-order valence-corrected chi connectivity index (χ3v) is 4.40. The van der Waals surface area contributed by atoms with Gasteiger partial charge in [0.25, 0.3) is 5.91 Å². The fourth-order valence-corrected chi connectivity index (χ4v) is 3.28. The third kappa shape index (κ3) is 6.95. The molecule has 5 nitrogen and oxygen atoms in total. The molecule has 2 N–H and O–H groups in total. The summed E-state index contributed by atoms with van der Waals surface area (Å²) >= 11 is 0. The van der Waals surface area contributed by atoms with Crippen molar-refractivity contribution < 1.29 is 27.9 Å². The molecule has 27 heavy (non-hydrogen) atoms. The molecule has 1 fully saturated rings. The molecule has 0 bridgehead atoms. The fraction of sp³-hybridized carbons (Fsp3) is 0.579. The zero-order chi connectivity index (χ0) is 20.2. The predicted molar refractivity (Wildman–Crippen MR) is 94.2 cm³/mol. The van der Waals surface area contributed by atoms with Gasteiger partial charge in [-0.3, -0.25) is 9.59 Å². The van der Waals surface area contributed by atoms with Crippen molar-refractivity contribution >= 4 is 11.7 Å². The molecular formula is C19H25F3N2O3. The second-order valence-electron chi connectivity index (χ2n) is 7.71. The van der Waals surface area contributed by atoms with Crippen LogP contribution >= 0.6 is 0 Å². The predicted octanol–water partition coefficient (Wildman–Crippen LogP) is 2.49. The van der Waals surface area contributed by atoms with Gasteiger partial charge in [-0.1, -0.05) is 6.07 Å². The van der Waals surface area contributed by atoms with Gasteiger partial charge in [0.15, 0.2) is 5.78 Å². The van der Waals surface area contributed by atoms with E-state index in [0.717, 1.165) is 31.2 Å². The van der Waals surface area contributed by atoms with Crippen LogP contribution in [0.25, 0.3) is 0 Å². The van der Waals surface area contributed by atoms with Gasteiger partial charge in [0, 0.05) is 25.1 Å². The quantitative estimate of drug-likeness (QED) is 0.756. The van der Waals surface area contributed by atoms with Gasteiger partial charge in [0.05, 0.1) is 17.7 Å². The highest BCUT2D eigenvalue weighted by Crippen LogP contribution is 2.29. The maximum Gasteiger partial charge on any atom is 0.416 e. The summed E-state index contributed by atoms with van der Waals surface area (Å²) < 4.78 is 38.1. The summed E-state index contributed by atoms with van der Waals surface area (Å²) in [5.41, 5.74) is -1.83. The smallest absolute Gasteiger partial charge is 0.389 e. The Morgan fingerprint density at radius 3 is 2.63 bits per heavy atom. The van der Waals surface area contributed by atoms with Crippen LogP contribution in [0.1, 0.15) is 42.6 Å². The van der Waals surface area contributed by atoms with E-state index in [9.17, 15) is 27.9 Å². The van der Waals surface area contributed by atoms with E-state index in [4.69, 9.17) is 0 Å². The van der Waals surface area contributed by atoms with Crippen molar-refractivity contribution in [1.82, 2.24) is 10.2 Å². The van der Waals surface area contributed by atoms with Crippen LogP contribution in [0.4, 0.5) is 13.2 Å². The van der Waals surface area contributed by atoms with Crippen molar-refractivity contribution in [2.75, 3.05) is 26.2 Å². The van der Waals surface area contributed by atoms with E-state index in [1.54, 1.807) is 13.8 Å². The first-order valence-electron chi connectivity index (χ1n) is 8.86. The maximum atomic E-state index is 12.7. The Labute approximate surface area is 156 Å². The van der Waals surface area contributed by atoms with Gasteiger partial charge in [0.1, 0.15) is 0 Å². The number of carbonyl (C=O) groups is 2. The Morgan fingerprint density at radius 1 is 1.30 bits per heavy atom. The molecule has 0 aromatic heterocycles. The molecule has 0 unspecified atom stereocenters. The molecule has 1 atom stereocenters. The number of carbonyl (C=O) groups excluding carboxylic acids is 2. The Balaban J connectivity index is 1.80. The van der Waals surface area contributed by atoms with Crippen LogP contribution in [0.3, 0.4) is 0 Å². The number of aliphatic hydroxyl groups is 1. The average molecular weight is 386 g/mol. The van der Waals surface area contributed by atoms with Gasteiger partial charge in [-0.05, 0) is 50.9 Å². The number of nitrogens with one attached hydrogen (secondary N) is 1. The summed E-state index contributed by atoms with van der Waals surface area (Å²) in [7, 11) is 0. The molecule has 0 saturated carbocycles. The minimum absolute atomic E-state index is 0.130. The summed E-state index contributed by atoms with van der Waals surface area (Å²) in [6.07, 6.45) is -3.39. The highest BCUT2D eigenvalue weighted by atomic mass is 19.4. The van der Waals surface area contributed by atoms with Crippen LogP contribution in [-0.2, 0) is 11.0 Å². The third-order valence-electron chi connectivity index (χ3n) is 4.40. The van der Waals surface area contributed by atoms with Gasteiger partial charge < -0.3 is 15.3 Å². The number of nitrogens with zero attached hydrogens (tertiary/aromatic N) is 1. The Bertz CT molecular complexity index is 684. The molecule has 8 heteroatoms. The van der Waals surface area contributed by atoms with Gasteiger partial charge in [0.2, 0.25) is 0 Å². The molecule has 1 aliphatic rings. The van der Waals surface area contributed by atoms with E-state index in [0.29, 0.717) is 19.5 Å². The zero-order valence-electron chi connectivity index (χ0n) is 15.5. The normalized spacial score (nSPS) is 18.5. The summed E-state index contributed by atoms with van der Waals surface area (Å²) in [4.78, 5) is 26.2. The largest absolute Gasteiger partial charge is 0.416 e. The molecule has 0 aliphatic carbocycles. The second-order valence-corrected chi connectivity index (χ2v) is 7.71. The Kier molecular flexibility index (Phi) is 6.64. The van der Waals surface area contributed by atoms with Crippen molar-refractivity contribution in [3.63, 3.8) is 0 Å². The molecule has 1 amide bonds. The molecule has 0 spiro atoms. The van der Waals surface area contributed by atoms with Gasteiger partial charge in [-0.25, -0.2) is 0 Å². The minimum Gasteiger partial charge on any atom is -0.389 e. The molecule has 1 heterocycles. The van der Waals surface area contributed by atoms with Crippen LogP contribution in [-0.4, -0.2) is 53.5 Å². The number of rotatable bonds is 7. The first kappa shape index (κ1) is 21.4. The number of amides is 1. The standard InChI is InChI=1S/C19H25F3N2O3/c1-18(2,27)12-24-7-6-13(11-24)8-16(25)10-23-17(26)14-4-3-5-15(9-14)19(20,21)22/h3-5,9,13,27H,6-8,10-12H2,1-2H3,(H,23,26)/t13-/m0/s1. The number of Topliss-reactive ketones (excluding diaryl/α,β-unsaturated/α-hetero) is 1. The molecule has 1 aromatic rings. The van der Waals surface area contributed by atoms with Gasteiger partial charge >= 0.3 is 6.18 Å². The lowest BCUT2D eigenvalue weighted by Crippen LogP contribution is -2.37. The maximum absolute atomic E-state index is 12.7. The topological polar surface area (TPSA) is 69.6 Å². The monoisotopic (exact) mass is 386 g/mol. The molecule has 1 aliphatic heterocycles. The van der Waals surface area contributed by atoms with Crippen LogP contribution in [0.2, 0.25) is 0 Å². The Hall–Kier alpha value is -1.93. The summed E-state index contributed by atoms with van der Waals surface area (Å²) in [5, 5.41) is 12.2. The first-order valence-corrected chi connectivity index (χ1v) is 8.86. The van der Waals surface area contributed by atoms with E-state index in [1.807, 2.05) is 0 Å². The van der Waals surface area contributed by atoms with Crippen molar-refractivity contribution in [2.24, 2.45) is 5.92 Å². The SMILES string of the molecule is CC(C)(O)CN1CC[C@@H](CC(=O)CNC(=O)c2cccc(C(F)(F)F)c2)C1. The van der Waals surface area contributed by atoms with E-state index >= 15 is 0 Å². The van der Waals surface area contributed by atoms with Crippen LogP contribution in [0.15, 0.2) is 24.3 Å². The number of likely N-dealkylation sites (tertiary alicyclic amines) is 1. The highest BCUT2D eigenvalue weighted by Gasteiger charge is 2.31. The van der Waals surface area contributed by atoms with Crippen molar-refractivity contribution in [3.05, 3.63) is 35.4 Å². The summed E-state index contributed by atoms with van der Waals surface area (Å²) in [5.74, 6) is -0.708. The lowest BCUT2D eigenvalue weighted by Gasteiger charge is -2.25. The van der Waals surface area contributed by atoms with Crippen molar-refractivity contribution in [2.45, 2.75) is 38.5 Å². The van der Waals surface area contributed by atoms with Crippen LogP contribution < -0.4 is 5.32 Å². The number of hydrogen-bond donors (Lipinski definition) is 2. The Morgan fingerprint density at radius 2 is 2.00 bits per heavy atom. The lowest BCUT2D eigenvalue weighted by molar-refractivity contribution is -0.137. The molecule has 1 aromatic carbocycles. The lowest BCUT2D eigenvalue weighted by atomic mass is 10.0. The van der Waals surface area contributed by atoms with E-state index < -0.39 is 23.2 Å². The number of benzene rings is 1. The minimum atomic E-state index is -4.52. The van der Waals surface area contributed by atoms with Crippen LogP contribution in [0, 0.1) is 5.92 Å². The van der Waals surface area contributed by atoms with Crippen molar-refractivity contribution in [1.29, 1.82) is 0 Å². The average Bonchev–Trinajstić information content (AvgIpc) is 2.96.